The van der Waals surface area contributed by atoms with Crippen LogP contribution in [0.2, 0.25) is 5.02 Å². The lowest BCUT2D eigenvalue weighted by atomic mass is 10.2. The molecule has 5 heteroatoms. The number of carbonyl (C=O) groups is 1. The number of carboxylic acids is 1. The number of benzene rings is 1. The van der Waals surface area contributed by atoms with Gasteiger partial charge in [-0.05, 0) is 25.1 Å². The van der Waals surface area contributed by atoms with Gasteiger partial charge in [0.05, 0.1) is 18.6 Å². The summed E-state index contributed by atoms with van der Waals surface area (Å²) in [5, 5.41) is 9.29. The molecule has 4 nitrogen and oxygen atoms in total. The molecule has 0 atom stereocenters. The summed E-state index contributed by atoms with van der Waals surface area (Å²) in [7, 11) is 1.55. The standard InChI is InChI=1S/C14H18ClNO3/c1-10(2)9-16(7-6-14(17)18)11-4-5-13(19-3)12(15)8-11/h4-5,8H,1,6-7,9H2,2-3H3,(H,17,18). The first kappa shape index (κ1) is 15.4. The number of methoxy groups -OCH3 is 1. The molecule has 0 saturated heterocycles. The molecule has 19 heavy (non-hydrogen) atoms. The van der Waals surface area contributed by atoms with Gasteiger partial charge in [-0.2, -0.15) is 0 Å². The highest BCUT2D eigenvalue weighted by atomic mass is 35.5. The third-order valence-corrected chi connectivity index (χ3v) is 2.85. The van der Waals surface area contributed by atoms with Gasteiger partial charge >= 0.3 is 5.97 Å². The molecule has 0 amide bonds. The van der Waals surface area contributed by atoms with Crippen LogP contribution < -0.4 is 9.64 Å². The summed E-state index contributed by atoms with van der Waals surface area (Å²) in [4.78, 5) is 12.6. The first-order valence-corrected chi connectivity index (χ1v) is 6.26. The topological polar surface area (TPSA) is 49.8 Å². The van der Waals surface area contributed by atoms with E-state index in [0.717, 1.165) is 11.3 Å². The van der Waals surface area contributed by atoms with Crippen LogP contribution in [0, 0.1) is 0 Å². The minimum Gasteiger partial charge on any atom is -0.495 e. The maximum Gasteiger partial charge on any atom is 0.305 e. The predicted octanol–water partition coefficient (Wildman–Crippen LogP) is 3.21. The minimum absolute atomic E-state index is 0.0664. The average Bonchev–Trinajstić information content (AvgIpc) is 2.33. The molecule has 1 aromatic rings. The predicted molar refractivity (Wildman–Crippen MR) is 77.3 cm³/mol. The molecule has 1 rings (SSSR count). The zero-order chi connectivity index (χ0) is 14.4. The summed E-state index contributed by atoms with van der Waals surface area (Å²) in [5.41, 5.74) is 1.81. The Bertz CT molecular complexity index is 474. The Balaban J connectivity index is 2.92. The molecule has 0 radical (unpaired) electrons. The van der Waals surface area contributed by atoms with Crippen molar-refractivity contribution in [3.8, 4) is 5.75 Å². The fraction of sp³-hybridized carbons (Fsp3) is 0.357. The summed E-state index contributed by atoms with van der Waals surface area (Å²) in [6.45, 7) is 6.76. The third kappa shape index (κ3) is 4.83. The number of carboxylic acid groups (broad SMARTS) is 1. The van der Waals surface area contributed by atoms with Gasteiger partial charge in [0, 0.05) is 18.8 Å². The van der Waals surface area contributed by atoms with Crippen LogP contribution in [0.5, 0.6) is 5.75 Å². The second-order valence-corrected chi connectivity index (χ2v) is 4.75. The van der Waals surface area contributed by atoms with E-state index in [4.69, 9.17) is 21.4 Å². The molecule has 0 fully saturated rings. The van der Waals surface area contributed by atoms with Gasteiger partial charge in [-0.3, -0.25) is 4.79 Å². The fourth-order valence-electron chi connectivity index (χ4n) is 1.71. The molecule has 0 heterocycles. The number of anilines is 1. The lowest BCUT2D eigenvalue weighted by Gasteiger charge is -2.25. The maximum absolute atomic E-state index is 10.7. The van der Waals surface area contributed by atoms with Gasteiger partial charge in [0.25, 0.3) is 0 Å². The number of hydrogen-bond donors (Lipinski definition) is 1. The number of ether oxygens (including phenoxy) is 1. The summed E-state index contributed by atoms with van der Waals surface area (Å²) >= 11 is 6.08. The summed E-state index contributed by atoms with van der Waals surface area (Å²) in [5.74, 6) is -0.231. The lowest BCUT2D eigenvalue weighted by molar-refractivity contribution is -0.136. The van der Waals surface area contributed by atoms with E-state index >= 15 is 0 Å². The Morgan fingerprint density at radius 1 is 1.53 bits per heavy atom. The molecule has 0 aliphatic heterocycles. The summed E-state index contributed by atoms with van der Waals surface area (Å²) in [6.07, 6.45) is 0.0664. The van der Waals surface area contributed by atoms with Gasteiger partial charge in [-0.15, -0.1) is 0 Å². The number of nitrogens with zero attached hydrogens (tertiary/aromatic N) is 1. The molecule has 0 aromatic heterocycles. The molecule has 0 unspecified atom stereocenters. The van der Waals surface area contributed by atoms with Gasteiger partial charge in [0.2, 0.25) is 0 Å². The highest BCUT2D eigenvalue weighted by molar-refractivity contribution is 6.32. The molecule has 104 valence electrons. The zero-order valence-electron chi connectivity index (χ0n) is 11.1. The maximum atomic E-state index is 10.7. The zero-order valence-corrected chi connectivity index (χ0v) is 11.9. The highest BCUT2D eigenvalue weighted by Crippen LogP contribution is 2.29. The van der Waals surface area contributed by atoms with Gasteiger partial charge < -0.3 is 14.7 Å². The molecule has 1 aromatic carbocycles. The van der Waals surface area contributed by atoms with Crippen LogP contribution in [0.4, 0.5) is 5.69 Å². The Morgan fingerprint density at radius 3 is 2.68 bits per heavy atom. The Morgan fingerprint density at radius 2 is 2.21 bits per heavy atom. The first-order valence-electron chi connectivity index (χ1n) is 5.88. The molecule has 0 aliphatic rings. The fourth-order valence-corrected chi connectivity index (χ4v) is 1.96. The molecular weight excluding hydrogens is 266 g/mol. The monoisotopic (exact) mass is 283 g/mol. The van der Waals surface area contributed by atoms with Crippen molar-refractivity contribution in [2.75, 3.05) is 25.1 Å². The van der Waals surface area contributed by atoms with Crippen molar-refractivity contribution in [1.82, 2.24) is 0 Å². The van der Waals surface area contributed by atoms with Crippen LogP contribution in [0.1, 0.15) is 13.3 Å². The third-order valence-electron chi connectivity index (χ3n) is 2.56. The smallest absolute Gasteiger partial charge is 0.305 e. The van der Waals surface area contributed by atoms with E-state index in [1.807, 2.05) is 17.9 Å². The summed E-state index contributed by atoms with van der Waals surface area (Å²) < 4.78 is 5.10. The second kappa shape index (κ2) is 7.04. The van der Waals surface area contributed by atoms with E-state index < -0.39 is 5.97 Å². The summed E-state index contributed by atoms with van der Waals surface area (Å²) in [6, 6.07) is 5.39. The van der Waals surface area contributed by atoms with Crippen molar-refractivity contribution < 1.29 is 14.6 Å². The van der Waals surface area contributed by atoms with Crippen LogP contribution in [0.15, 0.2) is 30.4 Å². The van der Waals surface area contributed by atoms with Crippen LogP contribution in [0.3, 0.4) is 0 Å². The van der Waals surface area contributed by atoms with E-state index in [2.05, 4.69) is 6.58 Å². The van der Waals surface area contributed by atoms with Crippen molar-refractivity contribution in [2.45, 2.75) is 13.3 Å². The molecule has 0 spiro atoms. The van der Waals surface area contributed by atoms with Crippen molar-refractivity contribution in [1.29, 1.82) is 0 Å². The van der Waals surface area contributed by atoms with Gasteiger partial charge in [-0.25, -0.2) is 0 Å². The number of halogens is 1. The van der Waals surface area contributed by atoms with Gasteiger partial charge in [0.15, 0.2) is 0 Å². The van der Waals surface area contributed by atoms with Crippen LogP contribution in [0.25, 0.3) is 0 Å². The molecule has 0 aliphatic carbocycles. The Hall–Kier alpha value is -1.68. The van der Waals surface area contributed by atoms with Gasteiger partial charge in [-0.1, -0.05) is 23.8 Å². The largest absolute Gasteiger partial charge is 0.495 e. The number of hydrogen-bond acceptors (Lipinski definition) is 3. The molecule has 0 bridgehead atoms. The van der Waals surface area contributed by atoms with Gasteiger partial charge in [0.1, 0.15) is 5.75 Å². The lowest BCUT2D eigenvalue weighted by Crippen LogP contribution is -2.27. The Kier molecular flexibility index (Phi) is 5.70. The molecular formula is C14H18ClNO3. The van der Waals surface area contributed by atoms with E-state index in [-0.39, 0.29) is 6.42 Å². The normalized spacial score (nSPS) is 10.1. The quantitative estimate of drug-likeness (QED) is 0.781. The molecule has 0 saturated carbocycles. The molecule has 1 N–H and O–H groups in total. The van der Waals surface area contributed by atoms with E-state index in [0.29, 0.717) is 23.9 Å². The average molecular weight is 284 g/mol. The number of aliphatic carboxylic acids is 1. The van der Waals surface area contributed by atoms with E-state index in [1.54, 1.807) is 19.2 Å². The van der Waals surface area contributed by atoms with Crippen molar-refractivity contribution >= 4 is 23.3 Å². The minimum atomic E-state index is -0.827. The van der Waals surface area contributed by atoms with Crippen LogP contribution in [-0.4, -0.2) is 31.3 Å². The van der Waals surface area contributed by atoms with Crippen LogP contribution >= 0.6 is 11.6 Å². The van der Waals surface area contributed by atoms with Crippen molar-refractivity contribution in [3.05, 3.63) is 35.4 Å². The van der Waals surface area contributed by atoms with E-state index in [1.165, 1.54) is 0 Å². The number of rotatable bonds is 7. The SMILES string of the molecule is C=C(C)CN(CCC(=O)O)c1ccc(OC)c(Cl)c1. The first-order chi connectivity index (χ1) is 8.93. The van der Waals surface area contributed by atoms with Crippen LogP contribution in [-0.2, 0) is 4.79 Å². The van der Waals surface area contributed by atoms with Crippen molar-refractivity contribution in [2.24, 2.45) is 0 Å². The van der Waals surface area contributed by atoms with Crippen molar-refractivity contribution in [3.63, 3.8) is 0 Å². The second-order valence-electron chi connectivity index (χ2n) is 4.34. The highest BCUT2D eigenvalue weighted by Gasteiger charge is 2.11. The van der Waals surface area contributed by atoms with E-state index in [9.17, 15) is 4.79 Å². The Labute approximate surface area is 118 Å².